The van der Waals surface area contributed by atoms with E-state index in [1.807, 2.05) is 18.2 Å². The van der Waals surface area contributed by atoms with E-state index in [0.29, 0.717) is 0 Å². The predicted molar refractivity (Wildman–Crippen MR) is 82.4 cm³/mol. The molecule has 1 unspecified atom stereocenters. The SMILES string of the molecule is NNC(c1cc(I)ccc1Br)c1cccc(F)c1F. The molecule has 2 rings (SSSR count). The van der Waals surface area contributed by atoms with Gasteiger partial charge in [-0.25, -0.2) is 14.2 Å². The van der Waals surface area contributed by atoms with Crippen LogP contribution in [0.25, 0.3) is 0 Å². The Kier molecular flexibility index (Phi) is 4.88. The Bertz CT molecular complexity index is 605. The molecule has 0 fully saturated rings. The van der Waals surface area contributed by atoms with E-state index in [4.69, 9.17) is 5.84 Å². The zero-order valence-corrected chi connectivity index (χ0v) is 13.4. The highest BCUT2D eigenvalue weighted by atomic mass is 127. The van der Waals surface area contributed by atoms with Gasteiger partial charge >= 0.3 is 0 Å². The second-order valence-electron chi connectivity index (χ2n) is 3.91. The van der Waals surface area contributed by atoms with Gasteiger partial charge in [0.1, 0.15) is 0 Å². The Balaban J connectivity index is 2.56. The number of nitrogens with one attached hydrogen (secondary N) is 1. The van der Waals surface area contributed by atoms with Crippen molar-refractivity contribution in [3.05, 3.63) is 67.2 Å². The maximum absolute atomic E-state index is 13.9. The van der Waals surface area contributed by atoms with Gasteiger partial charge < -0.3 is 0 Å². The van der Waals surface area contributed by atoms with Crippen LogP contribution >= 0.6 is 38.5 Å². The van der Waals surface area contributed by atoms with E-state index in [0.717, 1.165) is 19.7 Å². The summed E-state index contributed by atoms with van der Waals surface area (Å²) in [6, 6.07) is 9.03. The Morgan fingerprint density at radius 1 is 1.16 bits per heavy atom. The predicted octanol–water partition coefficient (Wildman–Crippen LogP) is 3.88. The number of hydrogen-bond acceptors (Lipinski definition) is 2. The summed E-state index contributed by atoms with van der Waals surface area (Å²) in [5.41, 5.74) is 3.45. The molecular formula is C13H10BrF2IN2. The minimum Gasteiger partial charge on any atom is -0.271 e. The van der Waals surface area contributed by atoms with E-state index in [2.05, 4.69) is 43.9 Å². The van der Waals surface area contributed by atoms with Crippen LogP contribution in [0.15, 0.2) is 40.9 Å². The van der Waals surface area contributed by atoms with Crippen LogP contribution < -0.4 is 11.3 Å². The molecule has 0 aromatic heterocycles. The molecule has 0 aliphatic heterocycles. The summed E-state index contributed by atoms with van der Waals surface area (Å²) in [4.78, 5) is 0. The summed E-state index contributed by atoms with van der Waals surface area (Å²) >= 11 is 5.55. The highest BCUT2D eigenvalue weighted by Crippen LogP contribution is 2.31. The van der Waals surface area contributed by atoms with E-state index in [1.54, 1.807) is 0 Å². The van der Waals surface area contributed by atoms with Crippen molar-refractivity contribution in [3.8, 4) is 0 Å². The van der Waals surface area contributed by atoms with Crippen LogP contribution in [0.4, 0.5) is 8.78 Å². The standard InChI is InChI=1S/C13H10BrF2IN2/c14-10-5-4-7(17)6-9(10)13(19-18)8-2-1-3-11(15)12(8)16/h1-6,13,19H,18H2. The van der Waals surface area contributed by atoms with Crippen molar-refractivity contribution < 1.29 is 8.78 Å². The Morgan fingerprint density at radius 2 is 1.89 bits per heavy atom. The molecule has 0 heterocycles. The van der Waals surface area contributed by atoms with Crippen LogP contribution in [0.5, 0.6) is 0 Å². The maximum atomic E-state index is 13.9. The van der Waals surface area contributed by atoms with Crippen molar-refractivity contribution >= 4 is 38.5 Å². The van der Waals surface area contributed by atoms with E-state index in [9.17, 15) is 8.78 Å². The zero-order chi connectivity index (χ0) is 14.0. The van der Waals surface area contributed by atoms with E-state index in [-0.39, 0.29) is 5.56 Å². The van der Waals surface area contributed by atoms with Gasteiger partial charge in [-0.15, -0.1) is 0 Å². The van der Waals surface area contributed by atoms with Crippen molar-refractivity contribution in [1.29, 1.82) is 0 Å². The maximum Gasteiger partial charge on any atom is 0.163 e. The third-order valence-corrected chi connectivity index (χ3v) is 4.12. The molecule has 19 heavy (non-hydrogen) atoms. The lowest BCUT2D eigenvalue weighted by Gasteiger charge is -2.19. The van der Waals surface area contributed by atoms with Crippen molar-refractivity contribution in [2.45, 2.75) is 6.04 Å². The molecule has 1 atom stereocenters. The van der Waals surface area contributed by atoms with Crippen molar-refractivity contribution in [2.24, 2.45) is 5.84 Å². The largest absolute Gasteiger partial charge is 0.271 e. The number of nitrogens with two attached hydrogens (primary N) is 1. The third-order valence-electron chi connectivity index (χ3n) is 2.73. The average molecular weight is 439 g/mol. The topological polar surface area (TPSA) is 38.0 Å². The molecule has 0 amide bonds. The van der Waals surface area contributed by atoms with E-state index < -0.39 is 17.7 Å². The minimum atomic E-state index is -0.892. The zero-order valence-electron chi connectivity index (χ0n) is 9.63. The highest BCUT2D eigenvalue weighted by Gasteiger charge is 2.21. The molecule has 0 spiro atoms. The molecule has 6 heteroatoms. The average Bonchev–Trinajstić information content (AvgIpc) is 2.39. The van der Waals surface area contributed by atoms with Gasteiger partial charge in [-0.1, -0.05) is 28.1 Å². The molecule has 0 aliphatic rings. The van der Waals surface area contributed by atoms with Gasteiger partial charge in [0.25, 0.3) is 0 Å². The van der Waals surface area contributed by atoms with Gasteiger partial charge in [-0.05, 0) is 52.4 Å². The molecule has 0 saturated heterocycles. The smallest absolute Gasteiger partial charge is 0.163 e. The van der Waals surface area contributed by atoms with Gasteiger partial charge in [0, 0.05) is 13.6 Å². The summed E-state index contributed by atoms with van der Waals surface area (Å²) < 4.78 is 28.9. The van der Waals surface area contributed by atoms with Crippen LogP contribution in [0.1, 0.15) is 17.2 Å². The molecule has 0 bridgehead atoms. The lowest BCUT2D eigenvalue weighted by atomic mass is 9.99. The summed E-state index contributed by atoms with van der Waals surface area (Å²) in [6.45, 7) is 0. The monoisotopic (exact) mass is 438 g/mol. The summed E-state index contributed by atoms with van der Waals surface area (Å²) in [5, 5.41) is 0. The lowest BCUT2D eigenvalue weighted by molar-refractivity contribution is 0.483. The molecule has 0 aliphatic carbocycles. The van der Waals surface area contributed by atoms with E-state index >= 15 is 0 Å². The van der Waals surface area contributed by atoms with Crippen LogP contribution in [-0.4, -0.2) is 0 Å². The second-order valence-corrected chi connectivity index (χ2v) is 6.01. The summed E-state index contributed by atoms with van der Waals surface area (Å²) in [5.74, 6) is 3.73. The number of hydrogen-bond donors (Lipinski definition) is 2. The fourth-order valence-corrected chi connectivity index (χ4v) is 2.82. The number of rotatable bonds is 3. The molecule has 2 nitrogen and oxygen atoms in total. The van der Waals surface area contributed by atoms with Gasteiger partial charge in [0.15, 0.2) is 11.6 Å². The van der Waals surface area contributed by atoms with Gasteiger partial charge in [0.05, 0.1) is 6.04 Å². The number of benzene rings is 2. The van der Waals surface area contributed by atoms with Crippen LogP contribution in [0, 0.1) is 15.2 Å². The normalized spacial score (nSPS) is 12.5. The van der Waals surface area contributed by atoms with Crippen molar-refractivity contribution in [3.63, 3.8) is 0 Å². The first-order valence-corrected chi connectivity index (χ1v) is 7.26. The lowest BCUT2D eigenvalue weighted by Crippen LogP contribution is -2.30. The fourth-order valence-electron chi connectivity index (χ4n) is 1.83. The van der Waals surface area contributed by atoms with Crippen LogP contribution in [-0.2, 0) is 0 Å². The first-order valence-electron chi connectivity index (χ1n) is 5.39. The molecule has 2 aromatic carbocycles. The van der Waals surface area contributed by atoms with Gasteiger partial charge in [-0.2, -0.15) is 0 Å². The van der Waals surface area contributed by atoms with Gasteiger partial charge in [-0.3, -0.25) is 5.84 Å². The second kappa shape index (κ2) is 6.25. The highest BCUT2D eigenvalue weighted by molar-refractivity contribution is 14.1. The first kappa shape index (κ1) is 14.8. The first-order chi connectivity index (χ1) is 9.04. The molecular weight excluding hydrogens is 429 g/mol. The minimum absolute atomic E-state index is 0.171. The fraction of sp³-hybridized carbons (Fsp3) is 0.0769. The van der Waals surface area contributed by atoms with Crippen LogP contribution in [0.3, 0.4) is 0 Å². The molecule has 3 N–H and O–H groups in total. The Hall–Kier alpha value is -0.570. The molecule has 0 radical (unpaired) electrons. The summed E-state index contributed by atoms with van der Waals surface area (Å²) in [6.07, 6.45) is 0. The van der Waals surface area contributed by atoms with Gasteiger partial charge in [0.2, 0.25) is 0 Å². The molecule has 2 aromatic rings. The van der Waals surface area contributed by atoms with E-state index in [1.165, 1.54) is 12.1 Å². The van der Waals surface area contributed by atoms with Crippen LogP contribution in [0.2, 0.25) is 0 Å². The molecule has 0 saturated carbocycles. The van der Waals surface area contributed by atoms with Crippen molar-refractivity contribution in [1.82, 2.24) is 5.43 Å². The number of hydrazine groups is 1. The molecule has 100 valence electrons. The quantitative estimate of drug-likeness (QED) is 0.433. The Labute approximate surface area is 131 Å². The summed E-state index contributed by atoms with van der Waals surface area (Å²) in [7, 11) is 0. The number of halogens is 4. The third kappa shape index (κ3) is 3.13. The Morgan fingerprint density at radius 3 is 2.58 bits per heavy atom. The van der Waals surface area contributed by atoms with Crippen molar-refractivity contribution in [2.75, 3.05) is 0 Å².